The quantitative estimate of drug-likeness (QED) is 0.582. The highest BCUT2D eigenvalue weighted by Crippen LogP contribution is 2.38. The van der Waals surface area contributed by atoms with Crippen molar-refractivity contribution in [2.45, 2.75) is 57.0 Å². The second-order valence-corrected chi connectivity index (χ2v) is 11.2. The molecule has 0 aromatic heterocycles. The smallest absolute Gasteiger partial charge is 0.321 e. The molecule has 0 radical (unpaired) electrons. The van der Waals surface area contributed by atoms with E-state index in [0.29, 0.717) is 19.8 Å². The van der Waals surface area contributed by atoms with Crippen LogP contribution < -0.4 is 15.5 Å². The first-order valence-corrected chi connectivity index (χ1v) is 14.6. The number of benzene rings is 2. The van der Waals surface area contributed by atoms with Gasteiger partial charge in [-0.3, -0.25) is 14.7 Å². The van der Waals surface area contributed by atoms with Crippen LogP contribution in [0, 0.1) is 5.92 Å². The molecule has 2 N–H and O–H groups in total. The minimum atomic E-state index is -1.36. The summed E-state index contributed by atoms with van der Waals surface area (Å²) in [6.07, 6.45) is 10.0. The van der Waals surface area contributed by atoms with Crippen LogP contribution in [-0.4, -0.2) is 68.1 Å². The number of hydrogen-bond acceptors (Lipinski definition) is 5. The fourth-order valence-corrected chi connectivity index (χ4v) is 6.65. The number of aryl methyl sites for hydroxylation is 2. The van der Waals surface area contributed by atoms with Crippen molar-refractivity contribution in [1.29, 1.82) is 0 Å². The van der Waals surface area contributed by atoms with Gasteiger partial charge in [-0.25, -0.2) is 4.79 Å². The molecule has 8 heteroatoms. The summed E-state index contributed by atoms with van der Waals surface area (Å²) in [5.41, 5.74) is 3.79. The Morgan fingerprint density at radius 3 is 2.62 bits per heavy atom. The van der Waals surface area contributed by atoms with Crippen LogP contribution >= 0.6 is 0 Å². The molecule has 2 fully saturated rings. The summed E-state index contributed by atoms with van der Waals surface area (Å²) in [5.74, 6) is -0.214. The molecule has 1 saturated heterocycles. The zero-order valence-electron chi connectivity index (χ0n) is 22.7. The molecular formula is C31H39N5O3. The minimum Gasteiger partial charge on any atom is -0.379 e. The predicted octanol–water partition coefficient (Wildman–Crippen LogP) is 4.37. The highest BCUT2D eigenvalue weighted by atomic mass is 16.5. The lowest BCUT2D eigenvalue weighted by molar-refractivity contribution is -0.127. The number of anilines is 2. The molecule has 4 aliphatic rings. The monoisotopic (exact) mass is 529 g/mol. The zero-order valence-corrected chi connectivity index (χ0v) is 22.7. The fourth-order valence-electron chi connectivity index (χ4n) is 6.65. The van der Waals surface area contributed by atoms with Gasteiger partial charge in [0.1, 0.15) is 0 Å². The lowest BCUT2D eigenvalue weighted by Crippen LogP contribution is -2.64. The van der Waals surface area contributed by atoms with E-state index in [1.807, 2.05) is 35.2 Å². The van der Waals surface area contributed by atoms with E-state index in [2.05, 4.69) is 27.7 Å². The van der Waals surface area contributed by atoms with Gasteiger partial charge in [-0.15, -0.1) is 0 Å². The third kappa shape index (κ3) is 5.45. The Labute approximate surface area is 230 Å². The molecule has 39 heavy (non-hydrogen) atoms. The number of nitrogens with one attached hydrogen (secondary N) is 2. The van der Waals surface area contributed by atoms with Crippen LogP contribution in [0.5, 0.6) is 0 Å². The Kier molecular flexibility index (Phi) is 7.66. The number of fused-ring (bicyclic) bond motifs is 2. The first kappa shape index (κ1) is 26.0. The van der Waals surface area contributed by atoms with Crippen molar-refractivity contribution in [2.75, 3.05) is 49.6 Å². The number of benzodiazepines with no additional fused rings is 1. The third-order valence-corrected chi connectivity index (χ3v) is 8.81. The van der Waals surface area contributed by atoms with Gasteiger partial charge in [-0.1, -0.05) is 43.5 Å². The zero-order chi connectivity index (χ0) is 26.7. The van der Waals surface area contributed by atoms with Crippen LogP contribution in [0.25, 0.3) is 0 Å². The standard InChI is InChI=1S/C31H39N5O3/c37-29-31(26-10-2-1-3-11-26,34-30(38)33-27-14-13-23-8-6-9-24(23)21-27)32-22-25-7-4-5-12-28(25)36(29)16-15-35-17-19-39-20-18-35/h4-5,7,12-14,21-22,26H,1-3,6,8-11,15-20H2,(H2,33,34,38). The van der Waals surface area contributed by atoms with Gasteiger partial charge in [-0.05, 0) is 61.4 Å². The molecule has 6 rings (SSSR count). The third-order valence-electron chi connectivity index (χ3n) is 8.81. The molecule has 1 atom stereocenters. The van der Waals surface area contributed by atoms with Crippen LogP contribution in [0.4, 0.5) is 16.2 Å². The lowest BCUT2D eigenvalue weighted by Gasteiger charge is -2.41. The van der Waals surface area contributed by atoms with E-state index in [1.165, 1.54) is 11.1 Å². The van der Waals surface area contributed by atoms with Crippen molar-refractivity contribution in [3.63, 3.8) is 0 Å². The van der Waals surface area contributed by atoms with Gasteiger partial charge in [0.15, 0.2) is 0 Å². The normalized spacial score (nSPS) is 23.7. The van der Waals surface area contributed by atoms with Gasteiger partial charge >= 0.3 is 6.03 Å². The number of aliphatic imine (C=N–C) groups is 1. The van der Waals surface area contributed by atoms with Crippen molar-refractivity contribution in [2.24, 2.45) is 10.9 Å². The van der Waals surface area contributed by atoms with Gasteiger partial charge in [0, 0.05) is 49.6 Å². The van der Waals surface area contributed by atoms with E-state index >= 15 is 0 Å². The van der Waals surface area contributed by atoms with Crippen molar-refractivity contribution in [3.8, 4) is 0 Å². The van der Waals surface area contributed by atoms with E-state index in [1.54, 1.807) is 6.21 Å². The van der Waals surface area contributed by atoms with Crippen LogP contribution in [-0.2, 0) is 22.4 Å². The molecule has 2 heterocycles. The number of carbonyl (C=O) groups excluding carboxylic acids is 2. The molecule has 2 aromatic rings. The van der Waals surface area contributed by atoms with Crippen LogP contribution in [0.2, 0.25) is 0 Å². The van der Waals surface area contributed by atoms with Crippen LogP contribution in [0.15, 0.2) is 47.5 Å². The first-order chi connectivity index (χ1) is 19.1. The van der Waals surface area contributed by atoms with E-state index < -0.39 is 5.66 Å². The number of rotatable bonds is 6. The number of carbonyl (C=O) groups is 2. The second-order valence-electron chi connectivity index (χ2n) is 11.2. The maximum atomic E-state index is 14.7. The number of morpholine rings is 1. The summed E-state index contributed by atoms with van der Waals surface area (Å²) in [4.78, 5) is 37.4. The number of hydrogen-bond donors (Lipinski definition) is 2. The van der Waals surface area contributed by atoms with E-state index in [4.69, 9.17) is 9.73 Å². The average Bonchev–Trinajstić information content (AvgIpc) is 3.40. The summed E-state index contributed by atoms with van der Waals surface area (Å²) in [6, 6.07) is 13.7. The molecule has 206 valence electrons. The Hall–Kier alpha value is -3.23. The molecule has 1 saturated carbocycles. The van der Waals surface area contributed by atoms with Gasteiger partial charge in [0.2, 0.25) is 5.66 Å². The molecule has 3 amide bonds. The summed E-state index contributed by atoms with van der Waals surface area (Å²) in [5, 5.41) is 6.16. The molecule has 2 aliphatic carbocycles. The lowest BCUT2D eigenvalue weighted by atomic mass is 9.79. The summed E-state index contributed by atoms with van der Waals surface area (Å²) in [6.45, 7) is 4.41. The number of nitrogens with zero attached hydrogens (tertiary/aromatic N) is 3. The highest BCUT2D eigenvalue weighted by Gasteiger charge is 2.50. The fraction of sp³-hybridized carbons (Fsp3) is 0.516. The van der Waals surface area contributed by atoms with Crippen molar-refractivity contribution in [3.05, 3.63) is 59.2 Å². The average molecular weight is 530 g/mol. The summed E-state index contributed by atoms with van der Waals surface area (Å²) in [7, 11) is 0. The summed E-state index contributed by atoms with van der Waals surface area (Å²) < 4.78 is 5.52. The molecular weight excluding hydrogens is 490 g/mol. The maximum Gasteiger partial charge on any atom is 0.321 e. The van der Waals surface area contributed by atoms with Crippen LogP contribution in [0.1, 0.15) is 55.2 Å². The van der Waals surface area contributed by atoms with Crippen molar-refractivity contribution < 1.29 is 14.3 Å². The summed E-state index contributed by atoms with van der Waals surface area (Å²) >= 11 is 0. The molecule has 0 spiro atoms. The number of urea groups is 1. The van der Waals surface area contributed by atoms with Gasteiger partial charge in [0.05, 0.1) is 18.9 Å². The number of amides is 3. The van der Waals surface area contributed by atoms with Gasteiger partial charge in [0.25, 0.3) is 5.91 Å². The van der Waals surface area contributed by atoms with E-state index in [9.17, 15) is 9.59 Å². The molecule has 8 nitrogen and oxygen atoms in total. The van der Waals surface area contributed by atoms with Crippen LogP contribution in [0.3, 0.4) is 0 Å². The highest BCUT2D eigenvalue weighted by molar-refractivity contribution is 6.09. The van der Waals surface area contributed by atoms with E-state index in [-0.39, 0.29) is 17.9 Å². The van der Waals surface area contributed by atoms with E-state index in [0.717, 1.165) is 87.9 Å². The molecule has 0 bridgehead atoms. The Morgan fingerprint density at radius 1 is 0.974 bits per heavy atom. The molecule has 1 unspecified atom stereocenters. The Morgan fingerprint density at radius 2 is 1.77 bits per heavy atom. The molecule has 2 aromatic carbocycles. The van der Waals surface area contributed by atoms with Gasteiger partial charge in [-0.2, -0.15) is 0 Å². The Balaban J connectivity index is 1.30. The Bertz CT molecular complexity index is 1230. The van der Waals surface area contributed by atoms with Crippen molar-refractivity contribution >= 4 is 29.5 Å². The topological polar surface area (TPSA) is 86.3 Å². The second kappa shape index (κ2) is 11.5. The SMILES string of the molecule is O=C(Nc1ccc2c(c1)CCC2)NC1(C2CCCCC2)N=Cc2ccccc2N(CCN2CCOCC2)C1=O. The predicted molar refractivity (Wildman–Crippen MR) is 154 cm³/mol. The number of ether oxygens (including phenoxy) is 1. The number of para-hydroxylation sites is 1. The van der Waals surface area contributed by atoms with Gasteiger partial charge < -0.3 is 20.3 Å². The largest absolute Gasteiger partial charge is 0.379 e. The maximum absolute atomic E-state index is 14.7. The van der Waals surface area contributed by atoms with Crippen molar-refractivity contribution in [1.82, 2.24) is 10.2 Å². The minimum absolute atomic E-state index is 0.0685. The molecule has 2 aliphatic heterocycles. The first-order valence-electron chi connectivity index (χ1n) is 14.6.